The number of alkyl halides is 3. The Morgan fingerprint density at radius 2 is 2.12 bits per heavy atom. The molecule has 0 bridgehead atoms. The van der Waals surface area contributed by atoms with Crippen LogP contribution < -0.4 is 5.32 Å². The van der Waals surface area contributed by atoms with Crippen molar-refractivity contribution in [1.29, 1.82) is 0 Å². The Hall–Kier alpha value is -2.68. The molecule has 2 heterocycles. The summed E-state index contributed by atoms with van der Waals surface area (Å²) in [6.45, 7) is 1.37. The lowest BCUT2D eigenvalue weighted by molar-refractivity contribution is -0.138. The van der Waals surface area contributed by atoms with Gasteiger partial charge in [0.2, 0.25) is 17.6 Å². The summed E-state index contributed by atoms with van der Waals surface area (Å²) in [6.07, 6.45) is -4.26. The minimum Gasteiger partial charge on any atom is -0.339 e. The van der Waals surface area contributed by atoms with Crippen molar-refractivity contribution in [3.8, 4) is 11.4 Å². The predicted octanol–water partition coefficient (Wildman–Crippen LogP) is 4.70. The summed E-state index contributed by atoms with van der Waals surface area (Å²) in [4.78, 5) is 16.2. The molecule has 0 aliphatic carbocycles. The first-order valence-electron chi connectivity index (χ1n) is 7.66. The lowest BCUT2D eigenvalue weighted by Gasteiger charge is -2.12. The van der Waals surface area contributed by atoms with Crippen LogP contribution in [0, 0.1) is 6.92 Å². The first kappa shape index (κ1) is 18.1. The highest BCUT2D eigenvalue weighted by atomic mass is 32.1. The van der Waals surface area contributed by atoms with E-state index in [0.717, 1.165) is 11.6 Å². The maximum absolute atomic E-state index is 12.9. The zero-order valence-corrected chi connectivity index (χ0v) is 14.4. The number of amides is 1. The van der Waals surface area contributed by atoms with E-state index in [0.29, 0.717) is 11.7 Å². The Balaban J connectivity index is 1.60. The van der Waals surface area contributed by atoms with Gasteiger partial charge >= 0.3 is 6.18 Å². The number of hydrogen-bond donors (Lipinski definition) is 1. The lowest BCUT2D eigenvalue weighted by atomic mass is 10.1. The van der Waals surface area contributed by atoms with Crippen LogP contribution in [0.15, 0.2) is 39.5 Å². The van der Waals surface area contributed by atoms with Gasteiger partial charge in [0, 0.05) is 29.5 Å². The van der Waals surface area contributed by atoms with Gasteiger partial charge in [0.25, 0.3) is 0 Å². The molecule has 0 aliphatic rings. The largest absolute Gasteiger partial charge is 0.416 e. The fraction of sp³-hybridized carbons (Fsp3) is 0.235. The molecule has 3 rings (SSSR count). The number of carbonyl (C=O) groups excluding carboxylic acids is 1. The first-order chi connectivity index (χ1) is 12.3. The van der Waals surface area contributed by atoms with Gasteiger partial charge in [-0.3, -0.25) is 4.79 Å². The molecule has 0 atom stereocenters. The number of aromatic nitrogens is 2. The lowest BCUT2D eigenvalue weighted by Crippen LogP contribution is -2.14. The Bertz CT molecular complexity index is 904. The van der Waals surface area contributed by atoms with Gasteiger partial charge in [0.1, 0.15) is 0 Å². The zero-order valence-electron chi connectivity index (χ0n) is 13.6. The number of hydrogen-bond acceptors (Lipinski definition) is 5. The number of nitrogens with zero attached hydrogens (tertiary/aromatic N) is 2. The average molecular weight is 381 g/mol. The highest BCUT2D eigenvalue weighted by molar-refractivity contribution is 7.08. The summed E-state index contributed by atoms with van der Waals surface area (Å²) < 4.78 is 43.8. The van der Waals surface area contributed by atoms with Crippen LogP contribution in [-0.2, 0) is 17.4 Å². The van der Waals surface area contributed by atoms with E-state index in [4.69, 9.17) is 4.52 Å². The number of thiophene rings is 1. The van der Waals surface area contributed by atoms with Crippen molar-refractivity contribution in [3.63, 3.8) is 0 Å². The van der Waals surface area contributed by atoms with E-state index in [1.54, 1.807) is 0 Å². The van der Waals surface area contributed by atoms with E-state index in [1.807, 2.05) is 16.8 Å². The monoisotopic (exact) mass is 381 g/mol. The first-order valence-corrected chi connectivity index (χ1v) is 8.60. The van der Waals surface area contributed by atoms with E-state index in [1.165, 1.54) is 30.4 Å². The normalized spacial score (nSPS) is 11.5. The quantitative estimate of drug-likeness (QED) is 0.696. The Morgan fingerprint density at radius 3 is 2.81 bits per heavy atom. The molecular formula is C17H14F3N3O2S. The maximum atomic E-state index is 12.9. The van der Waals surface area contributed by atoms with Crippen LogP contribution in [0.25, 0.3) is 11.4 Å². The fourth-order valence-electron chi connectivity index (χ4n) is 2.31. The van der Waals surface area contributed by atoms with Crippen LogP contribution >= 0.6 is 11.3 Å². The number of anilines is 1. The smallest absolute Gasteiger partial charge is 0.339 e. The molecule has 0 radical (unpaired) electrons. The topological polar surface area (TPSA) is 68.0 Å². The van der Waals surface area contributed by atoms with Crippen LogP contribution in [0.2, 0.25) is 0 Å². The van der Waals surface area contributed by atoms with Crippen molar-refractivity contribution < 1.29 is 22.5 Å². The molecule has 9 heteroatoms. The van der Waals surface area contributed by atoms with Gasteiger partial charge in [-0.05, 0) is 36.1 Å². The molecule has 0 saturated heterocycles. The van der Waals surface area contributed by atoms with Crippen molar-refractivity contribution in [2.24, 2.45) is 0 Å². The summed E-state index contributed by atoms with van der Waals surface area (Å²) in [6, 6.07) is 5.53. The van der Waals surface area contributed by atoms with Crippen molar-refractivity contribution in [2.75, 3.05) is 5.32 Å². The second-order valence-electron chi connectivity index (χ2n) is 5.60. The van der Waals surface area contributed by atoms with E-state index >= 15 is 0 Å². The zero-order chi connectivity index (χ0) is 18.7. The number of rotatable bonds is 5. The minimum absolute atomic E-state index is 0.0144. The average Bonchev–Trinajstić information content (AvgIpc) is 3.25. The molecule has 0 saturated carbocycles. The van der Waals surface area contributed by atoms with Crippen molar-refractivity contribution in [1.82, 2.24) is 10.1 Å². The summed E-state index contributed by atoms with van der Waals surface area (Å²) in [7, 11) is 0. The third-order valence-corrected chi connectivity index (χ3v) is 4.32. The summed E-state index contributed by atoms with van der Waals surface area (Å²) in [5, 5.41) is 10.0. The van der Waals surface area contributed by atoms with Gasteiger partial charge in [-0.15, -0.1) is 0 Å². The molecule has 2 aromatic heterocycles. The highest BCUT2D eigenvalue weighted by Crippen LogP contribution is 2.33. The molecule has 1 amide bonds. The van der Waals surface area contributed by atoms with Crippen LogP contribution in [0.1, 0.15) is 23.4 Å². The summed E-state index contributed by atoms with van der Waals surface area (Å²) in [5.74, 6) is 0.300. The van der Waals surface area contributed by atoms with Gasteiger partial charge in [-0.2, -0.15) is 29.5 Å². The number of benzene rings is 1. The van der Waals surface area contributed by atoms with E-state index in [-0.39, 0.29) is 24.1 Å². The second kappa shape index (κ2) is 7.28. The minimum atomic E-state index is -4.47. The number of nitrogens with one attached hydrogen (secondary N) is 1. The molecule has 0 spiro atoms. The number of aryl methyl sites for hydroxylation is 2. The van der Waals surface area contributed by atoms with Crippen LogP contribution in [0.3, 0.4) is 0 Å². The summed E-state index contributed by atoms with van der Waals surface area (Å²) >= 11 is 1.50. The van der Waals surface area contributed by atoms with Crippen molar-refractivity contribution in [3.05, 3.63) is 52.0 Å². The molecule has 5 nitrogen and oxygen atoms in total. The van der Waals surface area contributed by atoms with E-state index < -0.39 is 17.6 Å². The molecule has 0 unspecified atom stereocenters. The number of halogens is 3. The third-order valence-electron chi connectivity index (χ3n) is 3.64. The van der Waals surface area contributed by atoms with Gasteiger partial charge < -0.3 is 9.84 Å². The van der Waals surface area contributed by atoms with Crippen LogP contribution in [-0.4, -0.2) is 16.0 Å². The van der Waals surface area contributed by atoms with E-state index in [9.17, 15) is 18.0 Å². The summed E-state index contributed by atoms with van der Waals surface area (Å²) in [5.41, 5.74) is 0.251. The van der Waals surface area contributed by atoms with Crippen LogP contribution in [0.4, 0.5) is 18.9 Å². The predicted molar refractivity (Wildman–Crippen MR) is 90.7 cm³/mol. The second-order valence-corrected chi connectivity index (χ2v) is 6.38. The SMILES string of the molecule is Cc1ccc(NC(=O)CCc2nc(-c3ccsc3)no2)cc1C(F)(F)F. The van der Waals surface area contributed by atoms with Gasteiger partial charge in [-0.25, -0.2) is 0 Å². The van der Waals surface area contributed by atoms with Gasteiger partial charge in [0.05, 0.1) is 5.56 Å². The maximum Gasteiger partial charge on any atom is 0.416 e. The fourth-order valence-corrected chi connectivity index (χ4v) is 2.95. The molecule has 1 aromatic carbocycles. The van der Waals surface area contributed by atoms with E-state index in [2.05, 4.69) is 15.5 Å². The molecule has 0 fully saturated rings. The van der Waals surface area contributed by atoms with Gasteiger partial charge in [0.15, 0.2) is 0 Å². The highest BCUT2D eigenvalue weighted by Gasteiger charge is 2.32. The number of carbonyl (C=O) groups is 1. The molecular weight excluding hydrogens is 367 g/mol. The van der Waals surface area contributed by atoms with Crippen LogP contribution in [0.5, 0.6) is 0 Å². The Kier molecular flexibility index (Phi) is 5.08. The standard InChI is InChI=1S/C17H14F3N3O2S/c1-10-2-3-12(8-13(10)17(18,19)20)21-14(24)4-5-15-22-16(23-25-15)11-6-7-26-9-11/h2-3,6-9H,4-5H2,1H3,(H,21,24). The van der Waals surface area contributed by atoms with Gasteiger partial charge in [-0.1, -0.05) is 11.2 Å². The molecule has 26 heavy (non-hydrogen) atoms. The Labute approximate surface area is 150 Å². The molecule has 0 aliphatic heterocycles. The van der Waals surface area contributed by atoms with Crippen molar-refractivity contribution in [2.45, 2.75) is 25.9 Å². The molecule has 1 N–H and O–H groups in total. The third kappa shape index (κ3) is 4.29. The Morgan fingerprint density at radius 1 is 1.31 bits per heavy atom. The molecule has 136 valence electrons. The molecule has 3 aromatic rings. The van der Waals surface area contributed by atoms with Crippen molar-refractivity contribution >= 4 is 22.9 Å².